The van der Waals surface area contributed by atoms with Gasteiger partial charge in [-0.05, 0) is 38.8 Å². The minimum Gasteiger partial charge on any atom is -0.496 e. The number of rotatable bonds is 4. The Morgan fingerprint density at radius 2 is 2.08 bits per heavy atom. The van der Waals surface area contributed by atoms with E-state index in [9.17, 15) is 4.79 Å². The molecule has 2 aromatic rings. The summed E-state index contributed by atoms with van der Waals surface area (Å²) in [6.07, 6.45) is 1.75. The summed E-state index contributed by atoms with van der Waals surface area (Å²) in [6.45, 7) is 4.66. The van der Waals surface area contributed by atoms with Crippen molar-refractivity contribution in [1.29, 1.82) is 0 Å². The highest BCUT2D eigenvalue weighted by Gasteiger charge is 2.44. The summed E-state index contributed by atoms with van der Waals surface area (Å²) in [5.41, 5.74) is 0.919. The predicted molar refractivity (Wildman–Crippen MR) is 96.9 cm³/mol. The normalized spacial score (nSPS) is 19.8. The van der Waals surface area contributed by atoms with Crippen LogP contribution in [-0.2, 0) is 5.54 Å². The molecule has 1 saturated heterocycles. The first-order chi connectivity index (χ1) is 12.0. The molecule has 132 valence electrons. The van der Waals surface area contributed by atoms with E-state index < -0.39 is 5.54 Å². The number of carbonyl (C=O) groups excluding carboxylic acids is 1. The lowest BCUT2D eigenvalue weighted by atomic mass is 9.96. The number of anilines is 1. The summed E-state index contributed by atoms with van der Waals surface area (Å²) >= 11 is 0. The van der Waals surface area contributed by atoms with Gasteiger partial charge in [-0.2, -0.15) is 0 Å². The van der Waals surface area contributed by atoms with Crippen LogP contribution in [0, 0.1) is 6.92 Å². The molecule has 1 aliphatic rings. The van der Waals surface area contributed by atoms with Gasteiger partial charge in [0.05, 0.1) is 12.7 Å². The van der Waals surface area contributed by atoms with E-state index in [0.29, 0.717) is 23.7 Å². The Morgan fingerprint density at radius 1 is 1.32 bits per heavy atom. The zero-order valence-corrected chi connectivity index (χ0v) is 15.2. The zero-order chi connectivity index (χ0) is 18.0. The third-order valence-corrected chi connectivity index (χ3v) is 4.82. The van der Waals surface area contributed by atoms with Gasteiger partial charge in [0.2, 0.25) is 0 Å². The number of hydrogen-bond donors (Lipinski definition) is 1. The molecule has 1 aliphatic heterocycles. The van der Waals surface area contributed by atoms with Crippen LogP contribution in [0.2, 0.25) is 0 Å². The predicted octanol–water partition coefficient (Wildman–Crippen LogP) is 2.99. The highest BCUT2D eigenvalue weighted by Crippen LogP contribution is 2.39. The lowest BCUT2D eigenvalue weighted by molar-refractivity contribution is 0.0600. The molecule has 1 N–H and O–H groups in total. The molecule has 6 heteroatoms. The van der Waals surface area contributed by atoms with E-state index in [4.69, 9.17) is 4.74 Å². The van der Waals surface area contributed by atoms with Crippen LogP contribution in [0.15, 0.2) is 30.3 Å². The molecule has 1 aromatic carbocycles. The summed E-state index contributed by atoms with van der Waals surface area (Å²) in [5, 5.41) is 3.07. The number of nitrogens with zero attached hydrogens (tertiary/aromatic N) is 3. The lowest BCUT2D eigenvalue weighted by Crippen LogP contribution is -2.44. The number of ether oxygens (including phenoxy) is 1. The number of amides is 1. The summed E-state index contributed by atoms with van der Waals surface area (Å²) in [5.74, 6) is 1.98. The van der Waals surface area contributed by atoms with Gasteiger partial charge in [-0.1, -0.05) is 12.1 Å². The van der Waals surface area contributed by atoms with Gasteiger partial charge < -0.3 is 15.0 Å². The van der Waals surface area contributed by atoms with Crippen molar-refractivity contribution in [3.05, 3.63) is 47.4 Å². The zero-order valence-electron chi connectivity index (χ0n) is 15.2. The molecule has 25 heavy (non-hydrogen) atoms. The monoisotopic (exact) mass is 340 g/mol. The second-order valence-corrected chi connectivity index (χ2v) is 6.50. The van der Waals surface area contributed by atoms with E-state index in [0.717, 1.165) is 24.4 Å². The minimum atomic E-state index is -0.532. The van der Waals surface area contributed by atoms with Gasteiger partial charge in [-0.3, -0.25) is 4.79 Å². The lowest BCUT2D eigenvalue weighted by Gasteiger charge is -2.34. The van der Waals surface area contributed by atoms with E-state index in [-0.39, 0.29) is 5.91 Å². The highest BCUT2D eigenvalue weighted by molar-refractivity contribution is 5.97. The van der Waals surface area contributed by atoms with Crippen LogP contribution in [0.5, 0.6) is 5.75 Å². The summed E-state index contributed by atoms with van der Waals surface area (Å²) in [6, 6.07) is 9.22. The van der Waals surface area contributed by atoms with Crippen molar-refractivity contribution < 1.29 is 9.53 Å². The summed E-state index contributed by atoms with van der Waals surface area (Å²) in [4.78, 5) is 24.4. The molecule has 2 heterocycles. The third kappa shape index (κ3) is 3.04. The summed E-state index contributed by atoms with van der Waals surface area (Å²) < 4.78 is 5.37. The Hall–Kier alpha value is -2.63. The molecule has 0 radical (unpaired) electrons. The van der Waals surface area contributed by atoms with Gasteiger partial charge in [0.15, 0.2) is 5.82 Å². The number of aromatic nitrogens is 2. The van der Waals surface area contributed by atoms with Crippen molar-refractivity contribution in [3.63, 3.8) is 0 Å². The number of likely N-dealkylation sites (tertiary alicyclic amines) is 1. The smallest absolute Gasteiger partial charge is 0.258 e. The Balaban J connectivity index is 2.02. The van der Waals surface area contributed by atoms with Crippen LogP contribution in [-0.4, -0.2) is 41.5 Å². The fraction of sp³-hybridized carbons (Fsp3) is 0.421. The number of aryl methyl sites for hydroxylation is 1. The van der Waals surface area contributed by atoms with Gasteiger partial charge in [0.25, 0.3) is 5.91 Å². The Kier molecular flexibility index (Phi) is 4.61. The molecule has 3 rings (SSSR count). The van der Waals surface area contributed by atoms with Crippen LogP contribution in [0.1, 0.15) is 41.6 Å². The molecule has 1 atom stereocenters. The van der Waals surface area contributed by atoms with Gasteiger partial charge in [0, 0.05) is 25.4 Å². The van der Waals surface area contributed by atoms with Gasteiger partial charge >= 0.3 is 0 Å². The number of benzene rings is 1. The maximum Gasteiger partial charge on any atom is 0.258 e. The molecular formula is C19H24N4O2. The van der Waals surface area contributed by atoms with Crippen LogP contribution < -0.4 is 10.1 Å². The molecule has 0 bridgehead atoms. The molecule has 0 spiro atoms. The summed E-state index contributed by atoms with van der Waals surface area (Å²) in [7, 11) is 3.42. The quantitative estimate of drug-likeness (QED) is 0.927. The van der Waals surface area contributed by atoms with Gasteiger partial charge in [0.1, 0.15) is 17.1 Å². The average Bonchev–Trinajstić information content (AvgIpc) is 3.03. The number of hydrogen-bond acceptors (Lipinski definition) is 5. The van der Waals surface area contributed by atoms with Crippen LogP contribution in [0.3, 0.4) is 0 Å². The second-order valence-electron chi connectivity index (χ2n) is 6.50. The van der Waals surface area contributed by atoms with Crippen molar-refractivity contribution in [3.8, 4) is 5.75 Å². The molecule has 0 aliphatic carbocycles. The minimum absolute atomic E-state index is 0.0476. The van der Waals surface area contributed by atoms with Crippen molar-refractivity contribution >= 4 is 11.7 Å². The first kappa shape index (κ1) is 17.2. The molecule has 0 saturated carbocycles. The topological polar surface area (TPSA) is 67.4 Å². The van der Waals surface area contributed by atoms with Crippen molar-refractivity contribution in [2.24, 2.45) is 0 Å². The molecule has 1 fully saturated rings. The molecule has 6 nitrogen and oxygen atoms in total. The van der Waals surface area contributed by atoms with E-state index >= 15 is 0 Å². The third-order valence-electron chi connectivity index (χ3n) is 4.82. The van der Waals surface area contributed by atoms with Gasteiger partial charge in [-0.15, -0.1) is 0 Å². The Labute approximate surface area is 148 Å². The van der Waals surface area contributed by atoms with E-state index in [1.54, 1.807) is 13.2 Å². The maximum absolute atomic E-state index is 13.2. The maximum atomic E-state index is 13.2. The van der Waals surface area contributed by atoms with Crippen LogP contribution in [0.25, 0.3) is 0 Å². The molecular weight excluding hydrogens is 316 g/mol. The van der Waals surface area contributed by atoms with E-state index in [1.165, 1.54) is 0 Å². The SMILES string of the molecule is CNc1cc(C)nc(C2(C)CCCN2C(=O)c2ccccc2OC)n1. The van der Waals surface area contributed by atoms with E-state index in [1.807, 2.05) is 50.1 Å². The standard InChI is InChI=1S/C19H24N4O2/c1-13-12-16(20-3)22-18(21-13)19(2)10-7-11-23(19)17(24)14-8-5-6-9-15(14)25-4/h5-6,8-9,12H,7,10-11H2,1-4H3,(H,20,21,22). The first-order valence-electron chi connectivity index (χ1n) is 8.48. The Morgan fingerprint density at radius 3 is 2.80 bits per heavy atom. The van der Waals surface area contributed by atoms with Crippen molar-refractivity contribution in [2.45, 2.75) is 32.2 Å². The fourth-order valence-electron chi connectivity index (χ4n) is 3.43. The van der Waals surface area contributed by atoms with Crippen LogP contribution in [0.4, 0.5) is 5.82 Å². The molecule has 1 aromatic heterocycles. The van der Waals surface area contributed by atoms with Gasteiger partial charge in [-0.25, -0.2) is 9.97 Å². The van der Waals surface area contributed by atoms with Crippen molar-refractivity contribution in [1.82, 2.24) is 14.9 Å². The Bertz CT molecular complexity index is 793. The fourth-order valence-corrected chi connectivity index (χ4v) is 3.43. The van der Waals surface area contributed by atoms with Crippen molar-refractivity contribution in [2.75, 3.05) is 26.0 Å². The number of para-hydroxylation sites is 1. The highest BCUT2D eigenvalue weighted by atomic mass is 16.5. The largest absolute Gasteiger partial charge is 0.496 e. The van der Waals surface area contributed by atoms with Crippen LogP contribution >= 0.6 is 0 Å². The number of methoxy groups -OCH3 is 1. The first-order valence-corrected chi connectivity index (χ1v) is 8.48. The molecule has 1 unspecified atom stereocenters. The number of nitrogens with one attached hydrogen (secondary N) is 1. The number of carbonyl (C=O) groups is 1. The van der Waals surface area contributed by atoms with E-state index in [2.05, 4.69) is 15.3 Å². The average molecular weight is 340 g/mol. The second kappa shape index (κ2) is 6.70. The molecule has 1 amide bonds.